The molecule has 18 heavy (non-hydrogen) atoms. The molecule has 6 heteroatoms. The summed E-state index contributed by atoms with van der Waals surface area (Å²) in [6.45, 7) is 4.90. The number of H-pyrrole nitrogens is 1. The summed E-state index contributed by atoms with van der Waals surface area (Å²) < 4.78 is 0. The Bertz CT molecular complexity index is 485. The highest BCUT2D eigenvalue weighted by molar-refractivity contribution is 7.99. The zero-order chi connectivity index (χ0) is 13.3. The predicted octanol–water partition coefficient (Wildman–Crippen LogP) is 1.20. The second-order valence-electron chi connectivity index (χ2n) is 4.98. The van der Waals surface area contributed by atoms with E-state index < -0.39 is 0 Å². The minimum Gasteiger partial charge on any atom is -0.383 e. The van der Waals surface area contributed by atoms with E-state index in [9.17, 15) is 4.79 Å². The van der Waals surface area contributed by atoms with E-state index in [1.807, 2.05) is 25.6 Å². The first-order valence-electron chi connectivity index (χ1n) is 6.18. The molecule has 0 aliphatic carbocycles. The molecule has 100 valence electrons. The quantitative estimate of drug-likeness (QED) is 0.843. The molecule has 1 aliphatic heterocycles. The lowest BCUT2D eigenvalue weighted by atomic mass is 10.1. The molecular formula is C12H20N4OS. The SMILES string of the molecule is CC(C)c1c(N)nc(C2CSCCN2C)[nH]c1=O. The molecule has 0 spiro atoms. The summed E-state index contributed by atoms with van der Waals surface area (Å²) in [5.74, 6) is 3.22. The summed E-state index contributed by atoms with van der Waals surface area (Å²) in [4.78, 5) is 21.6. The van der Waals surface area contributed by atoms with Gasteiger partial charge in [-0.1, -0.05) is 13.8 Å². The molecule has 2 heterocycles. The number of nitrogen functional groups attached to an aromatic ring is 1. The molecule has 5 nitrogen and oxygen atoms in total. The lowest BCUT2D eigenvalue weighted by molar-refractivity contribution is 0.264. The van der Waals surface area contributed by atoms with Gasteiger partial charge >= 0.3 is 0 Å². The highest BCUT2D eigenvalue weighted by Crippen LogP contribution is 2.26. The van der Waals surface area contributed by atoms with Crippen LogP contribution < -0.4 is 11.3 Å². The van der Waals surface area contributed by atoms with Crippen molar-refractivity contribution in [1.82, 2.24) is 14.9 Å². The molecular weight excluding hydrogens is 248 g/mol. The lowest BCUT2D eigenvalue weighted by Crippen LogP contribution is -2.35. The number of hydrogen-bond donors (Lipinski definition) is 2. The molecule has 1 aromatic rings. The van der Waals surface area contributed by atoms with Gasteiger partial charge in [0.2, 0.25) is 0 Å². The van der Waals surface area contributed by atoms with Gasteiger partial charge in [-0.05, 0) is 13.0 Å². The molecule has 1 unspecified atom stereocenters. The highest BCUT2D eigenvalue weighted by Gasteiger charge is 2.24. The van der Waals surface area contributed by atoms with Gasteiger partial charge in [0, 0.05) is 18.1 Å². The topological polar surface area (TPSA) is 75.0 Å². The number of aromatic nitrogens is 2. The Morgan fingerprint density at radius 3 is 2.83 bits per heavy atom. The Morgan fingerprint density at radius 1 is 1.56 bits per heavy atom. The van der Waals surface area contributed by atoms with Crippen LogP contribution in [0, 0.1) is 0 Å². The maximum atomic E-state index is 12.1. The van der Waals surface area contributed by atoms with Gasteiger partial charge in [0.05, 0.1) is 11.6 Å². The second kappa shape index (κ2) is 5.32. The number of thioether (sulfide) groups is 1. The van der Waals surface area contributed by atoms with E-state index in [1.165, 1.54) is 0 Å². The number of anilines is 1. The second-order valence-corrected chi connectivity index (χ2v) is 6.13. The van der Waals surface area contributed by atoms with E-state index in [1.54, 1.807) is 0 Å². The first kappa shape index (κ1) is 13.4. The van der Waals surface area contributed by atoms with Crippen LogP contribution in [0.2, 0.25) is 0 Å². The zero-order valence-corrected chi connectivity index (χ0v) is 11.9. The van der Waals surface area contributed by atoms with Gasteiger partial charge in [-0.2, -0.15) is 11.8 Å². The molecule has 0 amide bonds. The van der Waals surface area contributed by atoms with E-state index in [0.29, 0.717) is 17.2 Å². The molecule has 2 rings (SSSR count). The monoisotopic (exact) mass is 268 g/mol. The van der Waals surface area contributed by atoms with Gasteiger partial charge in [0.25, 0.3) is 5.56 Å². The summed E-state index contributed by atoms with van der Waals surface area (Å²) in [6.07, 6.45) is 0. The van der Waals surface area contributed by atoms with Crippen LogP contribution in [0.4, 0.5) is 5.82 Å². The maximum Gasteiger partial charge on any atom is 0.256 e. The first-order chi connectivity index (χ1) is 8.50. The Balaban J connectivity index is 2.38. The van der Waals surface area contributed by atoms with Crippen LogP contribution in [0.1, 0.15) is 37.2 Å². The smallest absolute Gasteiger partial charge is 0.256 e. The number of aromatic amines is 1. The fourth-order valence-corrected chi connectivity index (χ4v) is 3.43. The van der Waals surface area contributed by atoms with E-state index in [-0.39, 0.29) is 17.5 Å². The molecule has 1 fully saturated rings. The largest absolute Gasteiger partial charge is 0.383 e. The van der Waals surface area contributed by atoms with Crippen LogP contribution in [0.5, 0.6) is 0 Å². The van der Waals surface area contributed by atoms with Crippen LogP contribution in [0.25, 0.3) is 0 Å². The molecule has 1 aliphatic rings. The normalized spacial score (nSPS) is 21.4. The van der Waals surface area contributed by atoms with E-state index in [2.05, 4.69) is 21.9 Å². The van der Waals surface area contributed by atoms with Gasteiger partial charge in [-0.15, -0.1) is 0 Å². The average Bonchev–Trinajstić information content (AvgIpc) is 2.27. The molecule has 0 radical (unpaired) electrons. The van der Waals surface area contributed by atoms with E-state index >= 15 is 0 Å². The van der Waals surface area contributed by atoms with Crippen molar-refractivity contribution in [2.45, 2.75) is 25.8 Å². The molecule has 3 N–H and O–H groups in total. The predicted molar refractivity (Wildman–Crippen MR) is 76.1 cm³/mol. The minimum absolute atomic E-state index is 0.0914. The van der Waals surface area contributed by atoms with Crippen molar-refractivity contribution < 1.29 is 0 Å². The van der Waals surface area contributed by atoms with E-state index in [0.717, 1.165) is 18.1 Å². The van der Waals surface area contributed by atoms with Crippen molar-refractivity contribution in [3.63, 3.8) is 0 Å². The Hall–Kier alpha value is -1.01. The molecule has 1 atom stereocenters. The number of hydrogen-bond acceptors (Lipinski definition) is 5. The summed E-state index contributed by atoms with van der Waals surface area (Å²) in [5.41, 5.74) is 6.41. The Labute approximate surface area is 111 Å². The fourth-order valence-electron chi connectivity index (χ4n) is 2.21. The fraction of sp³-hybridized carbons (Fsp3) is 0.667. The summed E-state index contributed by atoms with van der Waals surface area (Å²) in [6, 6.07) is 0.153. The number of rotatable bonds is 2. The van der Waals surface area contributed by atoms with Crippen molar-refractivity contribution in [2.75, 3.05) is 30.8 Å². The third kappa shape index (κ3) is 2.54. The van der Waals surface area contributed by atoms with Gasteiger partial charge in [0.1, 0.15) is 11.6 Å². The van der Waals surface area contributed by atoms with Gasteiger partial charge in [0.15, 0.2) is 0 Å². The number of nitrogens with one attached hydrogen (secondary N) is 1. The van der Waals surface area contributed by atoms with Crippen LogP contribution in [0.3, 0.4) is 0 Å². The van der Waals surface area contributed by atoms with E-state index in [4.69, 9.17) is 5.73 Å². The number of nitrogens with two attached hydrogens (primary N) is 1. The van der Waals surface area contributed by atoms with Crippen molar-refractivity contribution in [3.8, 4) is 0 Å². The molecule has 0 aromatic carbocycles. The molecule has 1 saturated heterocycles. The summed E-state index contributed by atoms with van der Waals surface area (Å²) >= 11 is 1.88. The van der Waals surface area contributed by atoms with Crippen LogP contribution in [-0.2, 0) is 0 Å². The van der Waals surface area contributed by atoms with Gasteiger partial charge < -0.3 is 10.7 Å². The van der Waals surface area contributed by atoms with Gasteiger partial charge in [-0.25, -0.2) is 4.98 Å². The van der Waals surface area contributed by atoms with Crippen LogP contribution >= 0.6 is 11.8 Å². The van der Waals surface area contributed by atoms with Crippen LogP contribution in [-0.4, -0.2) is 40.0 Å². The van der Waals surface area contributed by atoms with Crippen molar-refractivity contribution in [2.24, 2.45) is 0 Å². The van der Waals surface area contributed by atoms with Crippen LogP contribution in [0.15, 0.2) is 4.79 Å². The number of nitrogens with zero attached hydrogens (tertiary/aromatic N) is 2. The van der Waals surface area contributed by atoms with Crippen molar-refractivity contribution in [1.29, 1.82) is 0 Å². The molecule has 1 aromatic heterocycles. The highest BCUT2D eigenvalue weighted by atomic mass is 32.2. The van der Waals surface area contributed by atoms with Crippen molar-refractivity contribution in [3.05, 3.63) is 21.7 Å². The molecule has 0 bridgehead atoms. The zero-order valence-electron chi connectivity index (χ0n) is 11.1. The Morgan fingerprint density at radius 2 is 2.28 bits per heavy atom. The average molecular weight is 268 g/mol. The summed E-state index contributed by atoms with van der Waals surface area (Å²) in [5, 5.41) is 0. The maximum absolute atomic E-state index is 12.1. The minimum atomic E-state index is -0.100. The Kier molecular flexibility index (Phi) is 3.97. The first-order valence-corrected chi connectivity index (χ1v) is 7.33. The van der Waals surface area contributed by atoms with Gasteiger partial charge in [-0.3, -0.25) is 9.69 Å². The standard InChI is InChI=1S/C12H20N4OS/c1-7(2)9-10(13)14-11(15-12(9)17)8-6-18-5-4-16(8)3/h7-8H,4-6H2,1-3H3,(H3,13,14,15,17). The molecule has 0 saturated carbocycles. The third-order valence-electron chi connectivity index (χ3n) is 3.29. The third-order valence-corrected chi connectivity index (χ3v) is 4.31. The van der Waals surface area contributed by atoms with Crippen molar-refractivity contribution >= 4 is 17.6 Å². The summed E-state index contributed by atoms with van der Waals surface area (Å²) in [7, 11) is 2.05. The lowest BCUT2D eigenvalue weighted by Gasteiger charge is -2.31.